The van der Waals surface area contributed by atoms with Gasteiger partial charge in [0.1, 0.15) is 6.04 Å². The van der Waals surface area contributed by atoms with Crippen molar-refractivity contribution in [1.29, 1.82) is 0 Å². The number of carbonyl (C=O) groups is 3. The Hall–Kier alpha value is -1.63. The minimum atomic E-state index is -0.605. The SMILES string of the molecule is COC(=O)C(CC(C)C)NC(=O)CN1CCN(C(=O)C(C)C)CC1. The van der Waals surface area contributed by atoms with Crippen molar-refractivity contribution in [2.75, 3.05) is 39.8 Å². The molecule has 0 radical (unpaired) electrons. The van der Waals surface area contributed by atoms with Crippen LogP contribution in [0.4, 0.5) is 0 Å². The molecular formula is C17H31N3O4. The molecule has 1 aliphatic heterocycles. The molecule has 1 heterocycles. The van der Waals surface area contributed by atoms with Crippen molar-refractivity contribution < 1.29 is 19.1 Å². The first-order valence-electron chi connectivity index (χ1n) is 8.62. The number of carbonyl (C=O) groups excluding carboxylic acids is 3. The van der Waals surface area contributed by atoms with Gasteiger partial charge in [0.05, 0.1) is 13.7 Å². The maximum absolute atomic E-state index is 12.2. The molecule has 1 saturated heterocycles. The first kappa shape index (κ1) is 20.4. The Kier molecular flexibility index (Phi) is 8.18. The van der Waals surface area contributed by atoms with Crippen LogP contribution in [0.5, 0.6) is 0 Å². The molecule has 24 heavy (non-hydrogen) atoms. The van der Waals surface area contributed by atoms with Gasteiger partial charge in [-0.05, 0) is 12.3 Å². The van der Waals surface area contributed by atoms with Crippen LogP contribution in [0.15, 0.2) is 0 Å². The summed E-state index contributed by atoms with van der Waals surface area (Å²) in [6, 6.07) is -0.605. The summed E-state index contributed by atoms with van der Waals surface area (Å²) in [5.41, 5.74) is 0. The van der Waals surface area contributed by atoms with E-state index < -0.39 is 12.0 Å². The van der Waals surface area contributed by atoms with Crippen LogP contribution < -0.4 is 5.32 Å². The molecule has 7 nitrogen and oxygen atoms in total. The molecule has 0 aromatic carbocycles. The highest BCUT2D eigenvalue weighted by molar-refractivity contribution is 5.85. The number of esters is 1. The molecule has 1 fully saturated rings. The molecule has 0 bridgehead atoms. The molecular weight excluding hydrogens is 310 g/mol. The van der Waals surface area contributed by atoms with E-state index in [0.29, 0.717) is 32.6 Å². The molecule has 1 rings (SSSR count). The minimum Gasteiger partial charge on any atom is -0.467 e. The summed E-state index contributed by atoms with van der Waals surface area (Å²) in [5, 5.41) is 2.76. The highest BCUT2D eigenvalue weighted by Gasteiger charge is 2.26. The minimum absolute atomic E-state index is 0.00306. The number of methoxy groups -OCH3 is 1. The molecule has 0 aromatic rings. The zero-order valence-corrected chi connectivity index (χ0v) is 15.5. The van der Waals surface area contributed by atoms with Crippen molar-refractivity contribution in [3.05, 3.63) is 0 Å². The second kappa shape index (κ2) is 9.61. The van der Waals surface area contributed by atoms with Crippen LogP contribution >= 0.6 is 0 Å². The molecule has 2 amide bonds. The average Bonchev–Trinajstić information content (AvgIpc) is 2.52. The normalized spacial score (nSPS) is 17.0. The number of piperazine rings is 1. The summed E-state index contributed by atoms with van der Waals surface area (Å²) in [5.74, 6) is -0.169. The lowest BCUT2D eigenvalue weighted by Gasteiger charge is -2.35. The quantitative estimate of drug-likeness (QED) is 0.682. The molecule has 1 N–H and O–H groups in total. The van der Waals surface area contributed by atoms with Crippen LogP contribution in [-0.4, -0.2) is 73.5 Å². The van der Waals surface area contributed by atoms with Gasteiger partial charge in [0.2, 0.25) is 11.8 Å². The fraction of sp³-hybridized carbons (Fsp3) is 0.824. The second-order valence-corrected chi connectivity index (χ2v) is 7.03. The van der Waals surface area contributed by atoms with E-state index >= 15 is 0 Å². The van der Waals surface area contributed by atoms with E-state index in [9.17, 15) is 14.4 Å². The van der Waals surface area contributed by atoms with E-state index in [1.807, 2.05) is 37.5 Å². The molecule has 1 aliphatic rings. The summed E-state index contributed by atoms with van der Waals surface area (Å²) in [7, 11) is 1.33. The summed E-state index contributed by atoms with van der Waals surface area (Å²) >= 11 is 0. The third-order valence-corrected chi connectivity index (χ3v) is 4.07. The van der Waals surface area contributed by atoms with Crippen molar-refractivity contribution in [2.45, 2.75) is 40.2 Å². The molecule has 138 valence electrons. The van der Waals surface area contributed by atoms with Gasteiger partial charge in [-0.3, -0.25) is 14.5 Å². The molecule has 7 heteroatoms. The third-order valence-electron chi connectivity index (χ3n) is 4.07. The average molecular weight is 341 g/mol. The van der Waals surface area contributed by atoms with Gasteiger partial charge in [0.25, 0.3) is 0 Å². The Bertz CT molecular complexity index is 443. The van der Waals surface area contributed by atoms with E-state index in [-0.39, 0.29) is 30.2 Å². The van der Waals surface area contributed by atoms with E-state index in [4.69, 9.17) is 4.74 Å². The van der Waals surface area contributed by atoms with Gasteiger partial charge in [-0.15, -0.1) is 0 Å². The Morgan fingerprint density at radius 2 is 1.62 bits per heavy atom. The molecule has 0 saturated carbocycles. The van der Waals surface area contributed by atoms with Gasteiger partial charge < -0.3 is 15.0 Å². The Labute approximate surface area is 144 Å². The summed E-state index contributed by atoms with van der Waals surface area (Å²) in [6.07, 6.45) is 0.551. The van der Waals surface area contributed by atoms with Crippen LogP contribution in [-0.2, 0) is 19.1 Å². The number of amides is 2. The highest BCUT2D eigenvalue weighted by atomic mass is 16.5. The summed E-state index contributed by atoms with van der Waals surface area (Å²) < 4.78 is 4.76. The molecule has 0 aliphatic carbocycles. The second-order valence-electron chi connectivity index (χ2n) is 7.03. The summed E-state index contributed by atoms with van der Waals surface area (Å²) in [6.45, 7) is 10.6. The molecule has 1 unspecified atom stereocenters. The lowest BCUT2D eigenvalue weighted by molar-refractivity contribution is -0.146. The zero-order chi connectivity index (χ0) is 18.3. The lowest BCUT2D eigenvalue weighted by atomic mass is 10.0. The van der Waals surface area contributed by atoms with Crippen LogP contribution in [0.2, 0.25) is 0 Å². The van der Waals surface area contributed by atoms with Gasteiger partial charge >= 0.3 is 5.97 Å². The first-order chi connectivity index (χ1) is 11.2. The lowest BCUT2D eigenvalue weighted by Crippen LogP contribution is -2.53. The number of nitrogens with zero attached hydrogens (tertiary/aromatic N) is 2. The van der Waals surface area contributed by atoms with Crippen LogP contribution in [0.1, 0.15) is 34.1 Å². The van der Waals surface area contributed by atoms with Crippen LogP contribution in [0, 0.1) is 11.8 Å². The largest absolute Gasteiger partial charge is 0.467 e. The van der Waals surface area contributed by atoms with Crippen molar-refractivity contribution in [3.63, 3.8) is 0 Å². The van der Waals surface area contributed by atoms with Gasteiger partial charge in [0.15, 0.2) is 0 Å². The van der Waals surface area contributed by atoms with E-state index in [1.165, 1.54) is 7.11 Å². The Balaban J connectivity index is 2.45. The highest BCUT2D eigenvalue weighted by Crippen LogP contribution is 2.08. The van der Waals surface area contributed by atoms with Gasteiger partial charge in [-0.25, -0.2) is 4.79 Å². The Morgan fingerprint density at radius 1 is 1.04 bits per heavy atom. The number of hydrogen-bond acceptors (Lipinski definition) is 5. The summed E-state index contributed by atoms with van der Waals surface area (Å²) in [4.78, 5) is 39.8. The Morgan fingerprint density at radius 3 is 2.08 bits per heavy atom. The van der Waals surface area contributed by atoms with E-state index in [0.717, 1.165) is 0 Å². The van der Waals surface area contributed by atoms with Crippen molar-refractivity contribution in [2.24, 2.45) is 11.8 Å². The number of nitrogens with one attached hydrogen (secondary N) is 1. The topological polar surface area (TPSA) is 79.0 Å². The number of rotatable bonds is 7. The van der Waals surface area contributed by atoms with Crippen molar-refractivity contribution >= 4 is 17.8 Å². The van der Waals surface area contributed by atoms with E-state index in [2.05, 4.69) is 5.32 Å². The predicted octanol–water partition coefficient (Wildman–Crippen LogP) is 0.491. The zero-order valence-electron chi connectivity index (χ0n) is 15.5. The van der Waals surface area contributed by atoms with Crippen molar-refractivity contribution in [1.82, 2.24) is 15.1 Å². The monoisotopic (exact) mass is 341 g/mol. The standard InChI is InChI=1S/C17H31N3O4/c1-12(2)10-14(17(23)24-5)18-15(21)11-19-6-8-20(9-7-19)16(22)13(3)4/h12-14H,6-11H2,1-5H3,(H,18,21). The number of hydrogen-bond donors (Lipinski definition) is 1. The van der Waals surface area contributed by atoms with E-state index in [1.54, 1.807) is 0 Å². The van der Waals surface area contributed by atoms with Crippen molar-refractivity contribution in [3.8, 4) is 0 Å². The molecule has 0 aromatic heterocycles. The van der Waals surface area contributed by atoms with Gasteiger partial charge in [-0.1, -0.05) is 27.7 Å². The fourth-order valence-electron chi connectivity index (χ4n) is 2.76. The number of ether oxygens (including phenoxy) is 1. The van der Waals surface area contributed by atoms with Gasteiger partial charge in [-0.2, -0.15) is 0 Å². The van der Waals surface area contributed by atoms with Crippen LogP contribution in [0.25, 0.3) is 0 Å². The maximum atomic E-state index is 12.2. The maximum Gasteiger partial charge on any atom is 0.328 e. The van der Waals surface area contributed by atoms with Gasteiger partial charge in [0, 0.05) is 32.1 Å². The third kappa shape index (κ3) is 6.47. The predicted molar refractivity (Wildman–Crippen MR) is 91.3 cm³/mol. The smallest absolute Gasteiger partial charge is 0.328 e. The van der Waals surface area contributed by atoms with Crippen LogP contribution in [0.3, 0.4) is 0 Å². The molecule has 0 spiro atoms. The fourth-order valence-corrected chi connectivity index (χ4v) is 2.76. The molecule has 1 atom stereocenters. The first-order valence-corrected chi connectivity index (χ1v) is 8.62.